The maximum atomic E-state index is 10.0. The van der Waals surface area contributed by atoms with Crippen LogP contribution in [0.15, 0.2) is 0 Å². The summed E-state index contributed by atoms with van der Waals surface area (Å²) in [5.74, 6) is 1.30. The number of nitrogens with zero attached hydrogens (tertiary/aromatic N) is 3. The predicted octanol–water partition coefficient (Wildman–Crippen LogP) is 1.13. The second-order valence-corrected chi connectivity index (χ2v) is 5.19. The fourth-order valence-electron chi connectivity index (χ4n) is 1.63. The van der Waals surface area contributed by atoms with Crippen LogP contribution < -0.4 is 5.32 Å². The molecule has 0 saturated heterocycles. The first-order chi connectivity index (χ1) is 7.91. The number of anilines is 1. The van der Waals surface area contributed by atoms with Crippen LogP contribution in [0.4, 0.5) is 5.82 Å². The molecule has 1 heterocycles. The van der Waals surface area contributed by atoms with Crippen LogP contribution in [0.25, 0.3) is 0 Å². The maximum absolute atomic E-state index is 10.0. The third kappa shape index (κ3) is 3.38. The van der Waals surface area contributed by atoms with Gasteiger partial charge in [-0.15, -0.1) is 0 Å². The Morgan fingerprint density at radius 2 is 2.29 bits per heavy atom. The Bertz CT molecular complexity index is 433. The zero-order valence-electron chi connectivity index (χ0n) is 10.6. The van der Waals surface area contributed by atoms with Crippen LogP contribution in [0.1, 0.15) is 18.2 Å². The minimum Gasteiger partial charge on any atom is -0.387 e. The summed E-state index contributed by atoms with van der Waals surface area (Å²) in [6.07, 6.45) is 1.95. The van der Waals surface area contributed by atoms with E-state index in [1.807, 2.05) is 6.26 Å². The van der Waals surface area contributed by atoms with Gasteiger partial charge >= 0.3 is 0 Å². The third-order valence-corrected chi connectivity index (χ3v) is 3.34. The first kappa shape index (κ1) is 13.9. The van der Waals surface area contributed by atoms with E-state index in [0.717, 1.165) is 0 Å². The molecular formula is C11H18N4OS. The Kier molecular flexibility index (Phi) is 4.43. The van der Waals surface area contributed by atoms with Crippen molar-refractivity contribution in [3.05, 3.63) is 11.3 Å². The number of rotatable bonds is 5. The van der Waals surface area contributed by atoms with Gasteiger partial charge in [-0.25, -0.2) is 0 Å². The van der Waals surface area contributed by atoms with E-state index < -0.39 is 5.60 Å². The lowest BCUT2D eigenvalue weighted by atomic mass is 10.1. The van der Waals surface area contributed by atoms with Gasteiger partial charge in [0.15, 0.2) is 0 Å². The minimum absolute atomic E-state index is 0.390. The second-order valence-electron chi connectivity index (χ2n) is 4.33. The fourth-order valence-corrected chi connectivity index (χ4v) is 2.35. The van der Waals surface area contributed by atoms with Crippen LogP contribution in [0.3, 0.4) is 0 Å². The van der Waals surface area contributed by atoms with E-state index in [1.54, 1.807) is 37.3 Å². The molecule has 0 bridgehead atoms. The lowest BCUT2D eigenvalue weighted by molar-refractivity contribution is 0.0995. The van der Waals surface area contributed by atoms with Gasteiger partial charge < -0.3 is 10.4 Å². The molecular weight excluding hydrogens is 236 g/mol. The van der Waals surface area contributed by atoms with E-state index in [-0.39, 0.29) is 0 Å². The summed E-state index contributed by atoms with van der Waals surface area (Å²) in [4.78, 5) is 0. The summed E-state index contributed by atoms with van der Waals surface area (Å²) in [6, 6.07) is 2.12. The molecule has 0 aliphatic carbocycles. The maximum Gasteiger partial charge on any atom is 0.142 e. The van der Waals surface area contributed by atoms with Gasteiger partial charge in [0.1, 0.15) is 17.5 Å². The molecule has 0 radical (unpaired) electrons. The van der Waals surface area contributed by atoms with Crippen molar-refractivity contribution < 1.29 is 5.11 Å². The average molecular weight is 254 g/mol. The zero-order valence-corrected chi connectivity index (χ0v) is 11.4. The lowest BCUT2D eigenvalue weighted by Crippen LogP contribution is -2.36. The molecule has 0 aromatic carbocycles. The number of aliphatic hydroxyl groups is 1. The van der Waals surface area contributed by atoms with Gasteiger partial charge in [-0.2, -0.15) is 22.1 Å². The average Bonchev–Trinajstić information content (AvgIpc) is 2.49. The van der Waals surface area contributed by atoms with Crippen molar-refractivity contribution in [3.8, 4) is 6.07 Å². The molecule has 0 fully saturated rings. The molecule has 0 spiro atoms. The van der Waals surface area contributed by atoms with Crippen LogP contribution in [-0.2, 0) is 7.05 Å². The first-order valence-electron chi connectivity index (χ1n) is 5.30. The number of hydrogen-bond acceptors (Lipinski definition) is 5. The highest BCUT2D eigenvalue weighted by Crippen LogP contribution is 2.19. The molecule has 0 saturated carbocycles. The molecule has 1 aromatic rings. The van der Waals surface area contributed by atoms with Gasteiger partial charge in [0.05, 0.1) is 11.3 Å². The van der Waals surface area contributed by atoms with Crippen molar-refractivity contribution in [2.24, 2.45) is 7.05 Å². The molecule has 0 aliphatic heterocycles. The Morgan fingerprint density at radius 3 is 2.82 bits per heavy atom. The normalized spacial score (nSPS) is 14.1. The highest BCUT2D eigenvalue weighted by Gasteiger charge is 2.21. The minimum atomic E-state index is -0.801. The summed E-state index contributed by atoms with van der Waals surface area (Å²) < 4.78 is 1.63. The van der Waals surface area contributed by atoms with Gasteiger partial charge in [0.2, 0.25) is 0 Å². The van der Waals surface area contributed by atoms with E-state index in [0.29, 0.717) is 29.4 Å². The third-order valence-electron chi connectivity index (χ3n) is 2.43. The quantitative estimate of drug-likeness (QED) is 0.824. The Morgan fingerprint density at radius 1 is 1.65 bits per heavy atom. The number of hydrogen-bond donors (Lipinski definition) is 2. The number of aryl methyl sites for hydroxylation is 2. The van der Waals surface area contributed by atoms with Crippen molar-refractivity contribution in [2.45, 2.75) is 19.4 Å². The van der Waals surface area contributed by atoms with E-state index in [2.05, 4.69) is 16.5 Å². The van der Waals surface area contributed by atoms with Gasteiger partial charge in [-0.3, -0.25) is 4.68 Å². The van der Waals surface area contributed by atoms with Gasteiger partial charge in [0, 0.05) is 19.3 Å². The molecule has 94 valence electrons. The van der Waals surface area contributed by atoms with Crippen molar-refractivity contribution in [1.82, 2.24) is 9.78 Å². The molecule has 6 heteroatoms. The summed E-state index contributed by atoms with van der Waals surface area (Å²) in [6.45, 7) is 3.96. The van der Waals surface area contributed by atoms with Crippen LogP contribution in [-0.4, -0.2) is 39.0 Å². The smallest absolute Gasteiger partial charge is 0.142 e. The van der Waals surface area contributed by atoms with E-state index >= 15 is 0 Å². The molecule has 2 N–H and O–H groups in total. The molecule has 0 amide bonds. The molecule has 1 rings (SSSR count). The van der Waals surface area contributed by atoms with Crippen molar-refractivity contribution in [3.63, 3.8) is 0 Å². The Balaban J connectivity index is 2.80. The molecule has 1 atom stereocenters. The molecule has 5 nitrogen and oxygen atoms in total. The SMILES string of the molecule is CSCC(C)(O)CNc1c(C#N)c(C)nn1C. The van der Waals surface area contributed by atoms with Crippen molar-refractivity contribution >= 4 is 17.6 Å². The highest BCUT2D eigenvalue weighted by molar-refractivity contribution is 7.98. The lowest BCUT2D eigenvalue weighted by Gasteiger charge is -2.23. The van der Waals surface area contributed by atoms with Crippen LogP contribution >= 0.6 is 11.8 Å². The van der Waals surface area contributed by atoms with E-state index in [1.165, 1.54) is 0 Å². The van der Waals surface area contributed by atoms with Crippen molar-refractivity contribution in [1.29, 1.82) is 5.26 Å². The molecule has 17 heavy (non-hydrogen) atoms. The van der Waals surface area contributed by atoms with Crippen LogP contribution in [0.2, 0.25) is 0 Å². The van der Waals surface area contributed by atoms with Gasteiger partial charge in [0.25, 0.3) is 0 Å². The Hall–Kier alpha value is -1.19. The first-order valence-corrected chi connectivity index (χ1v) is 6.69. The number of thioether (sulfide) groups is 1. The topological polar surface area (TPSA) is 73.9 Å². The van der Waals surface area contributed by atoms with Gasteiger partial charge in [-0.1, -0.05) is 0 Å². The monoisotopic (exact) mass is 254 g/mol. The molecule has 1 aromatic heterocycles. The zero-order chi connectivity index (χ0) is 13.1. The summed E-state index contributed by atoms with van der Waals surface area (Å²) in [5.41, 5.74) is 0.430. The molecule has 0 aliphatic rings. The number of nitrogens with one attached hydrogen (secondary N) is 1. The number of nitriles is 1. The molecule has 1 unspecified atom stereocenters. The number of aromatic nitrogens is 2. The summed E-state index contributed by atoms with van der Waals surface area (Å²) in [5, 5.41) is 26.3. The Labute approximate surface area is 106 Å². The van der Waals surface area contributed by atoms with Crippen molar-refractivity contribution in [2.75, 3.05) is 23.9 Å². The summed E-state index contributed by atoms with van der Waals surface area (Å²) >= 11 is 1.59. The van der Waals surface area contributed by atoms with E-state index in [9.17, 15) is 5.11 Å². The largest absolute Gasteiger partial charge is 0.387 e. The van der Waals surface area contributed by atoms with Crippen LogP contribution in [0, 0.1) is 18.3 Å². The van der Waals surface area contributed by atoms with E-state index in [4.69, 9.17) is 5.26 Å². The second kappa shape index (κ2) is 5.43. The van der Waals surface area contributed by atoms with Gasteiger partial charge in [-0.05, 0) is 20.1 Å². The summed E-state index contributed by atoms with van der Waals surface area (Å²) in [7, 11) is 1.78. The predicted molar refractivity (Wildman–Crippen MR) is 70.2 cm³/mol. The fraction of sp³-hybridized carbons (Fsp3) is 0.636. The standard InChI is InChI=1S/C11H18N4OS/c1-8-9(5-12)10(15(3)14-8)13-6-11(2,16)7-17-4/h13,16H,6-7H2,1-4H3. The highest BCUT2D eigenvalue weighted by atomic mass is 32.2. The van der Waals surface area contributed by atoms with Crippen LogP contribution in [0.5, 0.6) is 0 Å².